The SMILES string of the molecule is Cc1[nH]c(=O)sc1S(=O)(=O)N1CC=C(C(F)(F)F)CC1. The second-order valence-corrected chi connectivity index (χ2v) is 7.38. The van der Waals surface area contributed by atoms with Gasteiger partial charge in [-0.1, -0.05) is 17.4 Å². The van der Waals surface area contributed by atoms with Crippen molar-refractivity contribution in [3.05, 3.63) is 27.0 Å². The van der Waals surface area contributed by atoms with Crippen LogP contribution in [-0.4, -0.2) is 37.0 Å². The van der Waals surface area contributed by atoms with E-state index >= 15 is 0 Å². The first kappa shape index (κ1) is 15.3. The van der Waals surface area contributed by atoms with Crippen LogP contribution in [0.1, 0.15) is 12.1 Å². The predicted octanol–water partition coefficient (Wildman–Crippen LogP) is 1.63. The average molecular weight is 328 g/mol. The predicted molar refractivity (Wildman–Crippen MR) is 67.2 cm³/mol. The molecule has 0 bridgehead atoms. The Morgan fingerprint density at radius 2 is 2.05 bits per heavy atom. The van der Waals surface area contributed by atoms with Crippen molar-refractivity contribution < 1.29 is 21.6 Å². The number of aromatic amines is 1. The van der Waals surface area contributed by atoms with Gasteiger partial charge in [-0.05, 0) is 13.3 Å². The van der Waals surface area contributed by atoms with Crippen molar-refractivity contribution in [3.8, 4) is 0 Å². The Balaban J connectivity index is 2.28. The van der Waals surface area contributed by atoms with E-state index in [1.165, 1.54) is 6.92 Å². The van der Waals surface area contributed by atoms with Crippen molar-refractivity contribution in [2.24, 2.45) is 0 Å². The van der Waals surface area contributed by atoms with Gasteiger partial charge in [0.25, 0.3) is 10.0 Å². The van der Waals surface area contributed by atoms with Gasteiger partial charge < -0.3 is 4.98 Å². The van der Waals surface area contributed by atoms with Crippen molar-refractivity contribution >= 4 is 21.4 Å². The molecule has 1 aromatic heterocycles. The maximum Gasteiger partial charge on any atom is 0.412 e. The molecule has 0 aromatic carbocycles. The van der Waals surface area contributed by atoms with Crippen LogP contribution in [0.2, 0.25) is 0 Å². The summed E-state index contributed by atoms with van der Waals surface area (Å²) in [5, 5.41) is 0. The van der Waals surface area contributed by atoms with E-state index in [4.69, 9.17) is 0 Å². The fourth-order valence-corrected chi connectivity index (χ4v) is 4.70. The average Bonchev–Trinajstić information content (AvgIpc) is 2.68. The lowest BCUT2D eigenvalue weighted by molar-refractivity contribution is -0.0953. The normalized spacial score (nSPS) is 18.1. The number of thiazole rings is 1. The molecule has 1 aromatic rings. The number of alkyl halides is 3. The monoisotopic (exact) mass is 328 g/mol. The minimum Gasteiger partial charge on any atom is -0.315 e. The number of rotatable bonds is 2. The first-order chi connectivity index (χ1) is 9.12. The van der Waals surface area contributed by atoms with Crippen LogP contribution < -0.4 is 4.87 Å². The fourth-order valence-electron chi connectivity index (χ4n) is 1.88. The summed E-state index contributed by atoms with van der Waals surface area (Å²) in [6.45, 7) is 0.841. The third-order valence-corrected chi connectivity index (χ3v) is 6.34. The van der Waals surface area contributed by atoms with Crippen molar-refractivity contribution in [1.29, 1.82) is 0 Å². The molecular formula is C10H11F3N2O3S2. The van der Waals surface area contributed by atoms with E-state index in [2.05, 4.69) is 4.98 Å². The van der Waals surface area contributed by atoms with Crippen LogP contribution in [0.15, 0.2) is 20.7 Å². The summed E-state index contributed by atoms with van der Waals surface area (Å²) >= 11 is 0.538. The largest absolute Gasteiger partial charge is 0.412 e. The molecule has 2 rings (SSSR count). The Labute approximate surface area is 116 Å². The number of aromatic nitrogens is 1. The van der Waals surface area contributed by atoms with E-state index in [-0.39, 0.29) is 29.4 Å². The molecule has 5 nitrogen and oxygen atoms in total. The standard InChI is InChI=1S/C10H11F3N2O3S2/c1-6-8(19-9(16)14-6)20(17,18)15-4-2-7(3-5-15)10(11,12)13/h2H,3-5H2,1H3,(H,14,16). The van der Waals surface area contributed by atoms with Crippen LogP contribution in [0, 0.1) is 6.92 Å². The minimum absolute atomic E-state index is 0.147. The first-order valence-electron chi connectivity index (χ1n) is 5.58. The molecule has 0 saturated heterocycles. The maximum absolute atomic E-state index is 12.5. The van der Waals surface area contributed by atoms with Crippen molar-refractivity contribution in [2.45, 2.75) is 23.7 Å². The van der Waals surface area contributed by atoms with Gasteiger partial charge in [0.05, 0.1) is 0 Å². The lowest BCUT2D eigenvalue weighted by atomic mass is 10.1. The molecule has 0 spiro atoms. The van der Waals surface area contributed by atoms with Gasteiger partial charge in [0, 0.05) is 24.4 Å². The summed E-state index contributed by atoms with van der Waals surface area (Å²) in [4.78, 5) is 13.0. The molecule has 0 amide bonds. The van der Waals surface area contributed by atoms with E-state index < -0.39 is 26.6 Å². The zero-order valence-corrected chi connectivity index (χ0v) is 12.0. The number of halogens is 3. The smallest absolute Gasteiger partial charge is 0.315 e. The number of sulfonamides is 1. The zero-order chi connectivity index (χ0) is 15.1. The molecule has 0 fully saturated rings. The van der Waals surface area contributed by atoms with E-state index in [1.54, 1.807) is 0 Å². The summed E-state index contributed by atoms with van der Waals surface area (Å²) in [6, 6.07) is 0. The second-order valence-electron chi connectivity index (χ2n) is 4.27. The number of aryl methyl sites for hydroxylation is 1. The van der Waals surface area contributed by atoms with Gasteiger partial charge in [-0.15, -0.1) is 0 Å². The molecule has 1 aliphatic heterocycles. The number of H-pyrrole nitrogens is 1. The Kier molecular flexibility index (Phi) is 3.82. The Morgan fingerprint density at radius 3 is 2.45 bits per heavy atom. The highest BCUT2D eigenvalue weighted by atomic mass is 32.2. The summed E-state index contributed by atoms with van der Waals surface area (Å²) in [5.41, 5.74) is -0.520. The van der Waals surface area contributed by atoms with Crippen LogP contribution in [0.4, 0.5) is 13.2 Å². The zero-order valence-electron chi connectivity index (χ0n) is 10.3. The second kappa shape index (κ2) is 5.01. The molecule has 0 unspecified atom stereocenters. The third kappa shape index (κ3) is 2.81. The van der Waals surface area contributed by atoms with Crippen LogP contribution in [-0.2, 0) is 10.0 Å². The van der Waals surface area contributed by atoms with Crippen LogP contribution in [0.25, 0.3) is 0 Å². The molecule has 2 heterocycles. The summed E-state index contributed by atoms with van der Waals surface area (Å²) in [5.74, 6) is 0. The lowest BCUT2D eigenvalue weighted by Gasteiger charge is -2.26. The van der Waals surface area contributed by atoms with E-state index in [0.29, 0.717) is 11.3 Å². The number of nitrogens with one attached hydrogen (secondary N) is 1. The van der Waals surface area contributed by atoms with E-state index in [9.17, 15) is 26.4 Å². The third-order valence-electron chi connectivity index (χ3n) is 2.89. The number of nitrogens with zero attached hydrogens (tertiary/aromatic N) is 1. The molecule has 0 radical (unpaired) electrons. The van der Waals surface area contributed by atoms with Gasteiger partial charge >= 0.3 is 11.0 Å². The fraction of sp³-hybridized carbons (Fsp3) is 0.500. The van der Waals surface area contributed by atoms with Gasteiger partial charge in [0.1, 0.15) is 0 Å². The van der Waals surface area contributed by atoms with Crippen molar-refractivity contribution in [2.75, 3.05) is 13.1 Å². The molecule has 0 saturated carbocycles. The number of hydrogen-bond acceptors (Lipinski definition) is 4. The topological polar surface area (TPSA) is 70.2 Å². The molecule has 0 atom stereocenters. The highest BCUT2D eigenvalue weighted by Crippen LogP contribution is 2.32. The summed E-state index contributed by atoms with van der Waals surface area (Å²) < 4.78 is 62.7. The maximum atomic E-state index is 12.5. The van der Waals surface area contributed by atoms with Crippen molar-refractivity contribution in [3.63, 3.8) is 0 Å². The highest BCUT2D eigenvalue weighted by Gasteiger charge is 2.37. The van der Waals surface area contributed by atoms with Gasteiger partial charge in [0.15, 0.2) is 4.21 Å². The summed E-state index contributed by atoms with van der Waals surface area (Å²) in [6.07, 6.45) is -3.95. The lowest BCUT2D eigenvalue weighted by Crippen LogP contribution is -2.36. The quantitative estimate of drug-likeness (QED) is 0.839. The van der Waals surface area contributed by atoms with Crippen LogP contribution >= 0.6 is 11.3 Å². The van der Waals surface area contributed by atoms with Gasteiger partial charge in [0.2, 0.25) is 0 Å². The number of hydrogen-bond donors (Lipinski definition) is 1. The Bertz CT molecular complexity index is 700. The molecular weight excluding hydrogens is 317 g/mol. The minimum atomic E-state index is -4.43. The molecule has 0 aliphatic carbocycles. The van der Waals surface area contributed by atoms with Crippen molar-refractivity contribution in [1.82, 2.24) is 9.29 Å². The molecule has 1 aliphatic rings. The Hall–Kier alpha value is -1.13. The highest BCUT2D eigenvalue weighted by molar-refractivity contribution is 7.91. The molecule has 10 heteroatoms. The van der Waals surface area contributed by atoms with E-state index in [1.807, 2.05) is 0 Å². The van der Waals surface area contributed by atoms with Gasteiger partial charge in [-0.25, -0.2) is 8.42 Å². The molecule has 1 N–H and O–H groups in total. The van der Waals surface area contributed by atoms with Crippen LogP contribution in [0.3, 0.4) is 0 Å². The summed E-state index contributed by atoms with van der Waals surface area (Å²) in [7, 11) is -3.93. The molecule has 20 heavy (non-hydrogen) atoms. The van der Waals surface area contributed by atoms with Crippen LogP contribution in [0.5, 0.6) is 0 Å². The van der Waals surface area contributed by atoms with Gasteiger partial charge in [-0.3, -0.25) is 4.79 Å². The van der Waals surface area contributed by atoms with Gasteiger partial charge in [-0.2, -0.15) is 17.5 Å². The first-order valence-corrected chi connectivity index (χ1v) is 7.84. The Morgan fingerprint density at radius 1 is 1.40 bits per heavy atom. The molecule has 112 valence electrons. The van der Waals surface area contributed by atoms with E-state index in [0.717, 1.165) is 10.4 Å².